The molecule has 0 fully saturated rings. The molecule has 1 aliphatic heterocycles. The largest absolute Gasteiger partial charge is 0.454 e. The maximum absolute atomic E-state index is 13.0. The fourth-order valence-corrected chi connectivity index (χ4v) is 3.60. The minimum Gasteiger partial charge on any atom is -0.454 e. The van der Waals surface area contributed by atoms with Gasteiger partial charge < -0.3 is 14.5 Å². The SMILES string of the molecule is Cc1ccc2[nH]c(C(=O)NN=Cc3ccc4c(c3)OCO4)c(-c3ccccc3)c2c1. The first kappa shape index (κ1) is 18.0. The van der Waals surface area contributed by atoms with Gasteiger partial charge in [-0.25, -0.2) is 5.43 Å². The molecule has 5 rings (SSSR count). The highest BCUT2D eigenvalue weighted by atomic mass is 16.7. The van der Waals surface area contributed by atoms with E-state index in [9.17, 15) is 4.79 Å². The standard InChI is InChI=1S/C24H19N3O3/c1-15-7-9-19-18(11-15)22(17-5-3-2-4-6-17)23(26-19)24(28)27-25-13-16-8-10-20-21(12-16)30-14-29-20/h2-13,26H,14H2,1H3,(H,27,28). The van der Waals surface area contributed by atoms with Crippen LogP contribution in [0.5, 0.6) is 11.5 Å². The first-order valence-electron chi connectivity index (χ1n) is 9.60. The van der Waals surface area contributed by atoms with E-state index in [1.807, 2.05) is 67.6 Å². The summed E-state index contributed by atoms with van der Waals surface area (Å²) in [4.78, 5) is 16.2. The fourth-order valence-electron chi connectivity index (χ4n) is 3.60. The van der Waals surface area contributed by atoms with Crippen LogP contribution in [0.4, 0.5) is 0 Å². The highest BCUT2D eigenvalue weighted by molar-refractivity contribution is 6.10. The van der Waals surface area contributed by atoms with Gasteiger partial charge in [0.25, 0.3) is 5.91 Å². The lowest BCUT2D eigenvalue weighted by Crippen LogP contribution is -2.18. The lowest BCUT2D eigenvalue weighted by molar-refractivity contribution is 0.0951. The van der Waals surface area contributed by atoms with Gasteiger partial charge in [-0.15, -0.1) is 0 Å². The summed E-state index contributed by atoms with van der Waals surface area (Å²) in [5, 5.41) is 5.13. The number of aryl methyl sites for hydroxylation is 1. The van der Waals surface area contributed by atoms with Crippen LogP contribution < -0.4 is 14.9 Å². The van der Waals surface area contributed by atoms with Crippen LogP contribution in [0.1, 0.15) is 21.6 Å². The molecule has 1 aromatic heterocycles. The van der Waals surface area contributed by atoms with Gasteiger partial charge >= 0.3 is 0 Å². The van der Waals surface area contributed by atoms with Crippen LogP contribution in [0.15, 0.2) is 71.8 Å². The second kappa shape index (κ2) is 7.40. The zero-order chi connectivity index (χ0) is 20.5. The Balaban J connectivity index is 1.46. The average Bonchev–Trinajstić information content (AvgIpc) is 3.38. The number of nitrogens with one attached hydrogen (secondary N) is 2. The Morgan fingerprint density at radius 1 is 1.03 bits per heavy atom. The van der Waals surface area contributed by atoms with Gasteiger partial charge in [0.1, 0.15) is 5.69 Å². The number of amides is 1. The van der Waals surface area contributed by atoms with Crippen LogP contribution in [0.25, 0.3) is 22.0 Å². The van der Waals surface area contributed by atoms with Crippen molar-refractivity contribution in [3.05, 3.63) is 83.6 Å². The van der Waals surface area contributed by atoms with Crippen molar-refractivity contribution >= 4 is 23.0 Å². The average molecular weight is 397 g/mol. The van der Waals surface area contributed by atoms with Gasteiger partial charge in [0.15, 0.2) is 11.5 Å². The van der Waals surface area contributed by atoms with Crippen LogP contribution in [0, 0.1) is 6.92 Å². The Labute approximate surface area is 173 Å². The van der Waals surface area contributed by atoms with Gasteiger partial charge in [-0.3, -0.25) is 4.79 Å². The van der Waals surface area contributed by atoms with Gasteiger partial charge in [0.2, 0.25) is 6.79 Å². The van der Waals surface area contributed by atoms with Crippen LogP contribution >= 0.6 is 0 Å². The number of carbonyl (C=O) groups is 1. The number of ether oxygens (including phenoxy) is 2. The Morgan fingerprint density at radius 2 is 1.87 bits per heavy atom. The van der Waals surface area contributed by atoms with E-state index in [0.717, 1.165) is 33.2 Å². The number of benzene rings is 3. The molecular weight excluding hydrogens is 378 g/mol. The van der Waals surface area contributed by atoms with E-state index in [-0.39, 0.29) is 12.7 Å². The molecule has 0 atom stereocenters. The van der Waals surface area contributed by atoms with Gasteiger partial charge in [0.05, 0.1) is 6.21 Å². The Kier molecular flexibility index (Phi) is 4.44. The Morgan fingerprint density at radius 3 is 2.73 bits per heavy atom. The zero-order valence-electron chi connectivity index (χ0n) is 16.3. The summed E-state index contributed by atoms with van der Waals surface area (Å²) in [6.07, 6.45) is 1.58. The van der Waals surface area contributed by atoms with Crippen molar-refractivity contribution in [3.63, 3.8) is 0 Å². The van der Waals surface area contributed by atoms with Crippen molar-refractivity contribution in [2.75, 3.05) is 6.79 Å². The molecule has 6 heteroatoms. The van der Waals surface area contributed by atoms with E-state index in [1.165, 1.54) is 0 Å². The molecule has 0 unspecified atom stereocenters. The first-order chi connectivity index (χ1) is 14.7. The molecule has 0 aliphatic carbocycles. The number of hydrazone groups is 1. The third-order valence-corrected chi connectivity index (χ3v) is 5.02. The second-order valence-corrected chi connectivity index (χ2v) is 7.10. The smallest absolute Gasteiger partial charge is 0.288 e. The molecule has 1 amide bonds. The molecule has 0 saturated heterocycles. The number of nitrogens with zero attached hydrogens (tertiary/aromatic N) is 1. The molecule has 148 valence electrons. The summed E-state index contributed by atoms with van der Waals surface area (Å²) in [7, 11) is 0. The predicted octanol–water partition coefficient (Wildman–Crippen LogP) is 4.64. The van der Waals surface area contributed by atoms with E-state index in [4.69, 9.17) is 9.47 Å². The number of hydrogen-bond acceptors (Lipinski definition) is 4. The molecule has 2 heterocycles. The van der Waals surface area contributed by atoms with Gasteiger partial charge in [-0.1, -0.05) is 42.0 Å². The van der Waals surface area contributed by atoms with Crippen LogP contribution in [0.2, 0.25) is 0 Å². The van der Waals surface area contributed by atoms with E-state index in [0.29, 0.717) is 17.2 Å². The molecule has 2 N–H and O–H groups in total. The molecule has 3 aromatic carbocycles. The number of fused-ring (bicyclic) bond motifs is 2. The van der Waals surface area contributed by atoms with Gasteiger partial charge in [0, 0.05) is 16.5 Å². The van der Waals surface area contributed by atoms with E-state index in [2.05, 4.69) is 21.6 Å². The first-order valence-corrected chi connectivity index (χ1v) is 9.60. The number of rotatable bonds is 4. The molecule has 0 bridgehead atoms. The number of H-pyrrole nitrogens is 1. The Hall–Kier alpha value is -4.06. The van der Waals surface area contributed by atoms with Gasteiger partial charge in [-0.2, -0.15) is 5.10 Å². The third-order valence-electron chi connectivity index (χ3n) is 5.02. The maximum Gasteiger partial charge on any atom is 0.288 e. The molecule has 0 spiro atoms. The number of hydrogen-bond donors (Lipinski definition) is 2. The second-order valence-electron chi connectivity index (χ2n) is 7.10. The van der Waals surface area contributed by atoms with Crippen molar-refractivity contribution < 1.29 is 14.3 Å². The summed E-state index contributed by atoms with van der Waals surface area (Å²) < 4.78 is 10.7. The van der Waals surface area contributed by atoms with E-state index >= 15 is 0 Å². The normalized spacial score (nSPS) is 12.6. The molecule has 4 aromatic rings. The van der Waals surface area contributed by atoms with Gasteiger partial charge in [-0.05, 0) is 48.4 Å². The van der Waals surface area contributed by atoms with Crippen molar-refractivity contribution in [1.29, 1.82) is 0 Å². The van der Waals surface area contributed by atoms with Crippen LogP contribution in [-0.2, 0) is 0 Å². The molecule has 0 radical (unpaired) electrons. The lowest BCUT2D eigenvalue weighted by atomic mass is 10.0. The Bertz CT molecular complexity index is 1280. The third kappa shape index (κ3) is 3.28. The van der Waals surface area contributed by atoms with Crippen LogP contribution in [0.3, 0.4) is 0 Å². The minimum atomic E-state index is -0.306. The van der Waals surface area contributed by atoms with Crippen LogP contribution in [-0.4, -0.2) is 23.9 Å². The van der Waals surface area contributed by atoms with Crippen molar-refractivity contribution in [2.45, 2.75) is 6.92 Å². The zero-order valence-corrected chi connectivity index (χ0v) is 16.3. The molecule has 30 heavy (non-hydrogen) atoms. The van der Waals surface area contributed by atoms with Crippen molar-refractivity contribution in [2.24, 2.45) is 5.10 Å². The fraction of sp³-hybridized carbons (Fsp3) is 0.0833. The summed E-state index contributed by atoms with van der Waals surface area (Å²) in [6, 6.07) is 21.5. The summed E-state index contributed by atoms with van der Waals surface area (Å²) in [6.45, 7) is 2.26. The van der Waals surface area contributed by atoms with E-state index in [1.54, 1.807) is 6.21 Å². The number of carbonyl (C=O) groups excluding carboxylic acids is 1. The van der Waals surface area contributed by atoms with Crippen molar-refractivity contribution in [1.82, 2.24) is 10.4 Å². The highest BCUT2D eigenvalue weighted by Gasteiger charge is 2.19. The van der Waals surface area contributed by atoms with Crippen molar-refractivity contribution in [3.8, 4) is 22.6 Å². The summed E-state index contributed by atoms with van der Waals surface area (Å²) in [5.41, 5.74) is 7.78. The monoisotopic (exact) mass is 397 g/mol. The molecule has 1 aliphatic rings. The quantitative estimate of drug-likeness (QED) is 0.389. The summed E-state index contributed by atoms with van der Waals surface area (Å²) in [5.74, 6) is 1.07. The summed E-state index contributed by atoms with van der Waals surface area (Å²) >= 11 is 0. The predicted molar refractivity (Wildman–Crippen MR) is 116 cm³/mol. The number of aromatic amines is 1. The maximum atomic E-state index is 13.0. The lowest BCUT2D eigenvalue weighted by Gasteiger charge is -2.05. The van der Waals surface area contributed by atoms with E-state index < -0.39 is 0 Å². The molecular formula is C24H19N3O3. The molecule has 0 saturated carbocycles. The number of aromatic nitrogens is 1. The minimum absolute atomic E-state index is 0.217. The molecule has 6 nitrogen and oxygen atoms in total. The highest BCUT2D eigenvalue weighted by Crippen LogP contribution is 2.33. The topological polar surface area (TPSA) is 75.7 Å².